The van der Waals surface area contributed by atoms with Gasteiger partial charge in [0, 0.05) is 0 Å². The molecular weight excluding hydrogens is 200 g/mol. The van der Waals surface area contributed by atoms with Crippen LogP contribution in [0.15, 0.2) is 0 Å². The summed E-state index contributed by atoms with van der Waals surface area (Å²) in [5.41, 5.74) is 0.431. The van der Waals surface area contributed by atoms with Crippen LogP contribution in [0.25, 0.3) is 0 Å². The molecule has 0 amide bonds. The minimum Gasteiger partial charge on any atom is -0.481 e. The Morgan fingerprint density at radius 1 is 1.12 bits per heavy atom. The van der Waals surface area contributed by atoms with E-state index in [2.05, 4.69) is 20.8 Å². The molecule has 2 aliphatic carbocycles. The zero-order valence-corrected chi connectivity index (χ0v) is 10.7. The molecule has 0 saturated heterocycles. The van der Waals surface area contributed by atoms with Crippen LogP contribution in [0, 0.1) is 29.1 Å². The quantitative estimate of drug-likeness (QED) is 0.778. The molecule has 2 heteroatoms. The maximum Gasteiger partial charge on any atom is 0.306 e. The molecule has 2 aliphatic rings. The normalized spacial score (nSPS) is 39.4. The van der Waals surface area contributed by atoms with Gasteiger partial charge in [0.15, 0.2) is 0 Å². The molecule has 0 aliphatic heterocycles. The zero-order chi connectivity index (χ0) is 11.9. The van der Waals surface area contributed by atoms with E-state index < -0.39 is 5.97 Å². The van der Waals surface area contributed by atoms with Crippen LogP contribution in [0.3, 0.4) is 0 Å². The lowest BCUT2D eigenvalue weighted by atomic mass is 9.69. The van der Waals surface area contributed by atoms with Crippen molar-refractivity contribution in [2.75, 3.05) is 0 Å². The van der Waals surface area contributed by atoms with Crippen LogP contribution in [0.4, 0.5) is 0 Å². The fourth-order valence-corrected chi connectivity index (χ4v) is 3.43. The van der Waals surface area contributed by atoms with Crippen LogP contribution in [0.2, 0.25) is 0 Å². The maximum absolute atomic E-state index is 10.8. The lowest BCUT2D eigenvalue weighted by molar-refractivity contribution is -0.139. The molecule has 0 radical (unpaired) electrons. The topological polar surface area (TPSA) is 37.3 Å². The van der Waals surface area contributed by atoms with Crippen molar-refractivity contribution in [2.45, 2.75) is 52.9 Å². The van der Waals surface area contributed by atoms with Crippen LogP contribution >= 0.6 is 0 Å². The molecule has 2 saturated carbocycles. The first-order chi connectivity index (χ1) is 7.39. The van der Waals surface area contributed by atoms with E-state index in [0.29, 0.717) is 17.3 Å². The summed E-state index contributed by atoms with van der Waals surface area (Å²) in [4.78, 5) is 10.8. The molecule has 2 atom stereocenters. The van der Waals surface area contributed by atoms with E-state index in [1.165, 1.54) is 25.7 Å². The van der Waals surface area contributed by atoms with Crippen LogP contribution in [-0.4, -0.2) is 11.1 Å². The van der Waals surface area contributed by atoms with Gasteiger partial charge in [0.1, 0.15) is 0 Å². The standard InChI is InChI=1S/C14H24O2/c1-14(2,3)10-6-4-9(5-7-10)11-8-12(11)13(15)16/h9-12H,4-8H2,1-3H3,(H,15,16). The number of hydrogen-bond acceptors (Lipinski definition) is 1. The lowest BCUT2D eigenvalue weighted by Crippen LogP contribution is -2.26. The van der Waals surface area contributed by atoms with Gasteiger partial charge in [-0.25, -0.2) is 0 Å². The molecule has 1 N–H and O–H groups in total. The van der Waals surface area contributed by atoms with E-state index in [4.69, 9.17) is 5.11 Å². The third-order valence-corrected chi connectivity index (χ3v) is 4.76. The predicted molar refractivity (Wildman–Crippen MR) is 64.1 cm³/mol. The molecule has 2 fully saturated rings. The minimum absolute atomic E-state index is 0.00353. The Morgan fingerprint density at radius 3 is 2.06 bits per heavy atom. The van der Waals surface area contributed by atoms with E-state index in [0.717, 1.165) is 12.3 Å². The predicted octanol–water partition coefficient (Wildman–Crippen LogP) is 3.56. The molecule has 16 heavy (non-hydrogen) atoms. The molecule has 0 aromatic rings. The molecular formula is C14H24O2. The number of rotatable bonds is 2. The van der Waals surface area contributed by atoms with Gasteiger partial charge < -0.3 is 5.11 Å². The van der Waals surface area contributed by atoms with E-state index in [9.17, 15) is 4.79 Å². The number of carbonyl (C=O) groups is 1. The van der Waals surface area contributed by atoms with E-state index >= 15 is 0 Å². The van der Waals surface area contributed by atoms with Crippen molar-refractivity contribution in [1.29, 1.82) is 0 Å². The lowest BCUT2D eigenvalue weighted by Gasteiger charge is -2.37. The van der Waals surface area contributed by atoms with Gasteiger partial charge in [0.2, 0.25) is 0 Å². The van der Waals surface area contributed by atoms with E-state index in [1.807, 2.05) is 0 Å². The summed E-state index contributed by atoms with van der Waals surface area (Å²) < 4.78 is 0. The van der Waals surface area contributed by atoms with E-state index in [1.54, 1.807) is 0 Å². The van der Waals surface area contributed by atoms with Crippen molar-refractivity contribution in [3.63, 3.8) is 0 Å². The molecule has 0 spiro atoms. The third-order valence-electron chi connectivity index (χ3n) is 4.76. The Labute approximate surface area is 98.4 Å². The highest BCUT2D eigenvalue weighted by atomic mass is 16.4. The second-order valence-electron chi connectivity index (χ2n) is 6.82. The first kappa shape index (κ1) is 11.9. The second kappa shape index (κ2) is 4.05. The first-order valence-electron chi connectivity index (χ1n) is 6.62. The summed E-state index contributed by atoms with van der Waals surface area (Å²) in [5, 5.41) is 8.94. The van der Waals surface area contributed by atoms with Crippen molar-refractivity contribution in [3.05, 3.63) is 0 Å². The van der Waals surface area contributed by atoms with Gasteiger partial charge in [-0.2, -0.15) is 0 Å². The number of carboxylic acids is 1. The van der Waals surface area contributed by atoms with Crippen molar-refractivity contribution in [1.82, 2.24) is 0 Å². The van der Waals surface area contributed by atoms with Crippen LogP contribution in [-0.2, 0) is 4.79 Å². The summed E-state index contributed by atoms with van der Waals surface area (Å²) >= 11 is 0. The fourth-order valence-electron chi connectivity index (χ4n) is 3.43. The second-order valence-corrected chi connectivity index (χ2v) is 6.82. The molecule has 0 bridgehead atoms. The van der Waals surface area contributed by atoms with Crippen LogP contribution in [0.1, 0.15) is 52.9 Å². The Kier molecular flexibility index (Phi) is 3.02. The Morgan fingerprint density at radius 2 is 1.69 bits per heavy atom. The molecule has 0 aromatic carbocycles. The Hall–Kier alpha value is -0.530. The highest BCUT2D eigenvalue weighted by molar-refractivity contribution is 5.73. The van der Waals surface area contributed by atoms with Crippen molar-refractivity contribution in [3.8, 4) is 0 Å². The van der Waals surface area contributed by atoms with Gasteiger partial charge in [0.05, 0.1) is 5.92 Å². The number of carboxylic acid groups (broad SMARTS) is 1. The smallest absolute Gasteiger partial charge is 0.306 e. The summed E-state index contributed by atoms with van der Waals surface area (Å²) in [6.07, 6.45) is 6.07. The molecule has 2 rings (SSSR count). The van der Waals surface area contributed by atoms with Crippen molar-refractivity contribution < 1.29 is 9.90 Å². The summed E-state index contributed by atoms with van der Waals surface area (Å²) in [6, 6.07) is 0. The minimum atomic E-state index is -0.567. The average Bonchev–Trinajstić information content (AvgIpc) is 2.96. The molecule has 2 nitrogen and oxygen atoms in total. The van der Waals surface area contributed by atoms with Gasteiger partial charge in [-0.3, -0.25) is 4.79 Å². The van der Waals surface area contributed by atoms with E-state index in [-0.39, 0.29) is 5.92 Å². The maximum atomic E-state index is 10.8. The van der Waals surface area contributed by atoms with Crippen molar-refractivity contribution >= 4 is 5.97 Å². The molecule has 0 aromatic heterocycles. The van der Waals surface area contributed by atoms with Crippen LogP contribution in [0.5, 0.6) is 0 Å². The Balaban J connectivity index is 1.81. The highest BCUT2D eigenvalue weighted by Gasteiger charge is 2.48. The average molecular weight is 224 g/mol. The zero-order valence-electron chi connectivity index (χ0n) is 10.7. The monoisotopic (exact) mass is 224 g/mol. The van der Waals surface area contributed by atoms with Gasteiger partial charge in [-0.15, -0.1) is 0 Å². The molecule has 0 heterocycles. The highest BCUT2D eigenvalue weighted by Crippen LogP contribution is 2.51. The summed E-state index contributed by atoms with van der Waals surface area (Å²) in [5.74, 6) is 1.49. The molecule has 2 unspecified atom stereocenters. The third kappa shape index (κ3) is 2.41. The summed E-state index contributed by atoms with van der Waals surface area (Å²) in [6.45, 7) is 6.99. The van der Waals surface area contributed by atoms with Gasteiger partial charge in [-0.05, 0) is 55.3 Å². The van der Waals surface area contributed by atoms with Gasteiger partial charge in [-0.1, -0.05) is 20.8 Å². The largest absolute Gasteiger partial charge is 0.481 e. The SMILES string of the molecule is CC(C)(C)C1CCC(C2CC2C(=O)O)CC1. The van der Waals surface area contributed by atoms with Crippen molar-refractivity contribution in [2.24, 2.45) is 29.1 Å². The van der Waals surface area contributed by atoms with Gasteiger partial charge in [0.25, 0.3) is 0 Å². The number of hydrogen-bond donors (Lipinski definition) is 1. The fraction of sp³-hybridized carbons (Fsp3) is 0.929. The number of aliphatic carboxylic acids is 1. The van der Waals surface area contributed by atoms with Gasteiger partial charge >= 0.3 is 5.97 Å². The molecule has 92 valence electrons. The van der Waals surface area contributed by atoms with Crippen LogP contribution < -0.4 is 0 Å². The first-order valence-corrected chi connectivity index (χ1v) is 6.62. The Bertz CT molecular complexity index is 269. The summed E-state index contributed by atoms with van der Waals surface area (Å²) in [7, 11) is 0.